The Labute approximate surface area is 88.9 Å². The lowest BCUT2D eigenvalue weighted by Gasteiger charge is -2.22. The molecule has 0 amide bonds. The van der Waals surface area contributed by atoms with Crippen molar-refractivity contribution in [3.05, 3.63) is 27.4 Å². The Hall–Kier alpha value is -1.16. The third-order valence-electron chi connectivity index (χ3n) is 3.03. The lowest BCUT2D eigenvalue weighted by Crippen LogP contribution is -2.25. The molecule has 1 heterocycles. The monoisotopic (exact) mass is 207 g/mol. The van der Waals surface area contributed by atoms with E-state index in [1.54, 1.807) is 0 Å². The molecule has 0 aromatic carbocycles. The number of nitrogens with zero attached hydrogens (tertiary/aromatic N) is 1. The van der Waals surface area contributed by atoms with Crippen molar-refractivity contribution in [3.63, 3.8) is 0 Å². The third kappa shape index (κ3) is 2.09. The summed E-state index contributed by atoms with van der Waals surface area (Å²) in [6.45, 7) is 2.79. The lowest BCUT2D eigenvalue weighted by atomic mass is 9.86. The third-order valence-corrected chi connectivity index (χ3v) is 3.03. The van der Waals surface area contributed by atoms with Crippen LogP contribution in [0.15, 0.2) is 4.79 Å². The number of H-pyrrole nitrogens is 1. The number of nitrogens with one attached hydrogen (secondary N) is 1. The van der Waals surface area contributed by atoms with Gasteiger partial charge in [-0.15, -0.1) is 0 Å². The van der Waals surface area contributed by atoms with Gasteiger partial charge in [-0.1, -0.05) is 6.92 Å². The minimum absolute atomic E-state index is 0.230. The van der Waals surface area contributed by atoms with Gasteiger partial charge in [-0.2, -0.15) is 4.98 Å². The van der Waals surface area contributed by atoms with E-state index in [0.29, 0.717) is 18.9 Å². The van der Waals surface area contributed by atoms with Gasteiger partial charge in [0.1, 0.15) is 0 Å². The highest BCUT2D eigenvalue weighted by molar-refractivity contribution is 5.27. The maximum atomic E-state index is 11.3. The second-order valence-electron chi connectivity index (χ2n) is 4.33. The molecule has 1 aliphatic carbocycles. The zero-order valence-electron chi connectivity index (χ0n) is 9.05. The summed E-state index contributed by atoms with van der Waals surface area (Å²) in [5.41, 5.74) is 8.52. The number of hydrogen-bond donors (Lipinski definition) is 2. The molecule has 4 heteroatoms. The van der Waals surface area contributed by atoms with Gasteiger partial charge in [0.2, 0.25) is 0 Å². The second kappa shape index (κ2) is 4.14. The van der Waals surface area contributed by atoms with Crippen LogP contribution in [0.4, 0.5) is 0 Å². The van der Waals surface area contributed by atoms with Gasteiger partial charge in [0, 0.05) is 12.1 Å². The van der Waals surface area contributed by atoms with Gasteiger partial charge in [0.05, 0.1) is 5.69 Å². The van der Waals surface area contributed by atoms with Gasteiger partial charge in [0.15, 0.2) is 0 Å². The van der Waals surface area contributed by atoms with Gasteiger partial charge < -0.3 is 10.7 Å². The zero-order valence-corrected chi connectivity index (χ0v) is 9.05. The van der Waals surface area contributed by atoms with E-state index in [4.69, 9.17) is 5.73 Å². The molecule has 0 radical (unpaired) electrons. The summed E-state index contributed by atoms with van der Waals surface area (Å²) in [5, 5.41) is 0. The number of aromatic amines is 1. The van der Waals surface area contributed by atoms with Crippen molar-refractivity contribution in [2.45, 2.75) is 32.6 Å². The fraction of sp³-hybridized carbons (Fsp3) is 0.636. The van der Waals surface area contributed by atoms with Gasteiger partial charge in [-0.25, -0.2) is 4.79 Å². The number of nitrogens with two attached hydrogens (primary N) is 1. The van der Waals surface area contributed by atoms with Crippen molar-refractivity contribution in [2.75, 3.05) is 6.54 Å². The number of fused-ring (bicyclic) bond motifs is 1. The molecule has 1 aliphatic rings. The first-order chi connectivity index (χ1) is 7.20. The average Bonchev–Trinajstić information content (AvgIpc) is 2.19. The van der Waals surface area contributed by atoms with E-state index in [1.165, 1.54) is 5.56 Å². The van der Waals surface area contributed by atoms with E-state index in [9.17, 15) is 4.79 Å². The molecule has 0 spiro atoms. The van der Waals surface area contributed by atoms with Crippen molar-refractivity contribution in [1.29, 1.82) is 0 Å². The van der Waals surface area contributed by atoms with Crippen molar-refractivity contribution in [3.8, 4) is 0 Å². The summed E-state index contributed by atoms with van der Waals surface area (Å²) < 4.78 is 0. The Balaban J connectivity index is 2.45. The Morgan fingerprint density at radius 3 is 3.13 bits per heavy atom. The molecule has 0 bridgehead atoms. The summed E-state index contributed by atoms with van der Waals surface area (Å²) in [7, 11) is 0. The van der Waals surface area contributed by atoms with E-state index < -0.39 is 0 Å². The molecular weight excluding hydrogens is 190 g/mol. The van der Waals surface area contributed by atoms with Crippen LogP contribution in [-0.4, -0.2) is 16.5 Å². The molecule has 0 saturated heterocycles. The smallest absolute Gasteiger partial charge is 0.330 e. The molecule has 15 heavy (non-hydrogen) atoms. The first-order valence-electron chi connectivity index (χ1n) is 5.51. The van der Waals surface area contributed by atoms with Gasteiger partial charge >= 0.3 is 5.69 Å². The van der Waals surface area contributed by atoms with Crippen LogP contribution in [0.2, 0.25) is 0 Å². The quantitative estimate of drug-likeness (QED) is 0.737. The van der Waals surface area contributed by atoms with Crippen LogP contribution in [-0.2, 0) is 19.3 Å². The van der Waals surface area contributed by atoms with Gasteiger partial charge in [-0.05, 0) is 37.3 Å². The molecule has 1 aromatic heterocycles. The Bertz CT molecular complexity index is 411. The number of hydrogen-bond acceptors (Lipinski definition) is 3. The van der Waals surface area contributed by atoms with Crippen LogP contribution < -0.4 is 11.4 Å². The Morgan fingerprint density at radius 1 is 1.60 bits per heavy atom. The zero-order chi connectivity index (χ0) is 10.8. The summed E-state index contributed by atoms with van der Waals surface area (Å²) in [5.74, 6) is 0.682. The molecule has 1 atom stereocenters. The molecule has 1 unspecified atom stereocenters. The Kier molecular flexibility index (Phi) is 2.86. The van der Waals surface area contributed by atoms with Crippen LogP contribution >= 0.6 is 0 Å². The number of aryl methyl sites for hydroxylation is 1. The van der Waals surface area contributed by atoms with E-state index in [1.807, 2.05) is 0 Å². The Morgan fingerprint density at radius 2 is 2.40 bits per heavy atom. The normalized spacial score (nSPS) is 20.0. The van der Waals surface area contributed by atoms with E-state index in [0.717, 1.165) is 30.7 Å². The predicted octanol–water partition coefficient (Wildman–Crippen LogP) is 0.396. The lowest BCUT2D eigenvalue weighted by molar-refractivity contribution is 0.486. The molecule has 82 valence electrons. The largest absolute Gasteiger partial charge is 0.345 e. The first kappa shape index (κ1) is 10.4. The molecule has 0 fully saturated rings. The van der Waals surface area contributed by atoms with Gasteiger partial charge in [0.25, 0.3) is 0 Å². The topological polar surface area (TPSA) is 71.8 Å². The predicted molar refractivity (Wildman–Crippen MR) is 58.8 cm³/mol. The van der Waals surface area contributed by atoms with Crippen molar-refractivity contribution in [1.82, 2.24) is 9.97 Å². The molecule has 4 nitrogen and oxygen atoms in total. The molecule has 3 N–H and O–H groups in total. The minimum atomic E-state index is -0.230. The highest BCUT2D eigenvalue weighted by atomic mass is 16.1. The fourth-order valence-electron chi connectivity index (χ4n) is 2.24. The van der Waals surface area contributed by atoms with E-state index >= 15 is 0 Å². The van der Waals surface area contributed by atoms with Crippen LogP contribution in [0.25, 0.3) is 0 Å². The average molecular weight is 207 g/mol. The van der Waals surface area contributed by atoms with Crippen LogP contribution in [0.1, 0.15) is 30.3 Å². The molecule has 2 rings (SSSR count). The van der Waals surface area contributed by atoms with Crippen molar-refractivity contribution < 1.29 is 0 Å². The fourth-order valence-corrected chi connectivity index (χ4v) is 2.24. The first-order valence-corrected chi connectivity index (χ1v) is 5.51. The minimum Gasteiger partial charge on any atom is -0.330 e. The van der Waals surface area contributed by atoms with E-state index in [2.05, 4.69) is 16.9 Å². The summed E-state index contributed by atoms with van der Waals surface area (Å²) in [6, 6.07) is 0. The maximum absolute atomic E-state index is 11.3. The van der Waals surface area contributed by atoms with Crippen LogP contribution in [0.3, 0.4) is 0 Å². The SMILES string of the molecule is CC1CCc2[nH]c(=O)nc(CCN)c2C1. The molecular formula is C11H17N3O. The van der Waals surface area contributed by atoms with Crippen LogP contribution in [0.5, 0.6) is 0 Å². The van der Waals surface area contributed by atoms with Crippen molar-refractivity contribution >= 4 is 0 Å². The maximum Gasteiger partial charge on any atom is 0.345 e. The molecule has 0 aliphatic heterocycles. The highest BCUT2D eigenvalue weighted by Crippen LogP contribution is 2.24. The summed E-state index contributed by atoms with van der Waals surface area (Å²) in [6.07, 6.45) is 3.84. The molecule has 1 aromatic rings. The second-order valence-corrected chi connectivity index (χ2v) is 4.33. The molecule has 0 saturated carbocycles. The van der Waals surface area contributed by atoms with Gasteiger partial charge in [-0.3, -0.25) is 0 Å². The van der Waals surface area contributed by atoms with Crippen molar-refractivity contribution in [2.24, 2.45) is 11.7 Å². The standard InChI is InChI=1S/C11H17N3O/c1-7-2-3-9-8(6-7)10(4-5-12)14-11(15)13-9/h7H,2-6,12H2,1H3,(H,13,14,15). The number of aromatic nitrogens is 2. The summed E-state index contributed by atoms with van der Waals surface area (Å²) >= 11 is 0. The number of rotatable bonds is 2. The summed E-state index contributed by atoms with van der Waals surface area (Å²) in [4.78, 5) is 18.2. The van der Waals surface area contributed by atoms with E-state index in [-0.39, 0.29) is 5.69 Å². The van der Waals surface area contributed by atoms with Crippen LogP contribution in [0, 0.1) is 5.92 Å². The highest BCUT2D eigenvalue weighted by Gasteiger charge is 2.19.